The minimum atomic E-state index is -0.971. The van der Waals surface area contributed by atoms with Crippen molar-refractivity contribution in [3.63, 3.8) is 0 Å². The van der Waals surface area contributed by atoms with Crippen LogP contribution in [-0.4, -0.2) is 57.9 Å². The number of rotatable bonds is 5. The summed E-state index contributed by atoms with van der Waals surface area (Å²) in [5.74, 6) is 2.92. The number of carbonyl (C=O) groups excluding carboxylic acids is 1. The van der Waals surface area contributed by atoms with Crippen molar-refractivity contribution in [2.24, 2.45) is 0 Å². The number of methoxy groups -OCH3 is 2. The fraction of sp³-hybridized carbons (Fsp3) is 0.214. The van der Waals surface area contributed by atoms with Crippen LogP contribution in [0.3, 0.4) is 0 Å². The fourth-order valence-electron chi connectivity index (χ4n) is 4.64. The third-order valence-corrected chi connectivity index (χ3v) is 6.57. The number of ether oxygens (including phenoxy) is 2. The van der Waals surface area contributed by atoms with Crippen LogP contribution in [0.15, 0.2) is 49.3 Å². The van der Waals surface area contributed by atoms with E-state index in [0.717, 1.165) is 6.07 Å². The predicted octanol–water partition coefficient (Wildman–Crippen LogP) is 3.73. The van der Waals surface area contributed by atoms with Crippen LogP contribution < -0.4 is 15.2 Å². The smallest absolute Gasteiger partial charge is 0.246 e. The Hall–Kier alpha value is -4.98. The number of likely N-dealkylation sites (tertiary alicyclic amines) is 1. The number of fused-ring (bicyclic) bond motifs is 1. The van der Waals surface area contributed by atoms with Crippen LogP contribution in [0, 0.1) is 23.5 Å². The van der Waals surface area contributed by atoms with E-state index >= 15 is 0 Å². The average molecular weight is 531 g/mol. The summed E-state index contributed by atoms with van der Waals surface area (Å²) in [6.45, 7) is 4.47. The van der Waals surface area contributed by atoms with Gasteiger partial charge >= 0.3 is 0 Å². The molecule has 0 bridgehead atoms. The van der Waals surface area contributed by atoms with Gasteiger partial charge in [-0.3, -0.25) is 14.5 Å². The topological polar surface area (TPSA) is 108 Å². The molecule has 4 heterocycles. The molecule has 1 aromatic carbocycles. The predicted molar refractivity (Wildman–Crippen MR) is 141 cm³/mol. The summed E-state index contributed by atoms with van der Waals surface area (Å²) in [6.07, 6.45) is 5.14. The molecule has 1 saturated heterocycles. The van der Waals surface area contributed by atoms with Crippen LogP contribution in [0.25, 0.3) is 22.2 Å². The lowest BCUT2D eigenvalue weighted by molar-refractivity contribution is -0.125. The Morgan fingerprint density at radius 2 is 1.92 bits per heavy atom. The highest BCUT2D eigenvalue weighted by atomic mass is 19.1. The van der Waals surface area contributed by atoms with E-state index in [9.17, 15) is 13.6 Å². The average Bonchev–Trinajstić information content (AvgIpc) is 3.59. The molecule has 9 nitrogen and oxygen atoms in total. The summed E-state index contributed by atoms with van der Waals surface area (Å²) in [5.41, 5.74) is 7.82. The second-order valence-corrected chi connectivity index (χ2v) is 8.75. The number of nitrogens with two attached hydrogens (primary N) is 1. The Kier molecular flexibility index (Phi) is 6.85. The number of anilines is 1. The molecule has 0 saturated carbocycles. The number of benzene rings is 1. The maximum Gasteiger partial charge on any atom is 0.246 e. The molecule has 1 fully saturated rings. The maximum atomic E-state index is 15.0. The normalized spacial score (nSPS) is 14.7. The number of hydrogen-bond donors (Lipinski definition) is 1. The molecule has 3 aromatic heterocycles. The first kappa shape index (κ1) is 25.7. The summed E-state index contributed by atoms with van der Waals surface area (Å²) in [7, 11) is 2.52. The van der Waals surface area contributed by atoms with Gasteiger partial charge in [-0.2, -0.15) is 5.10 Å². The van der Waals surface area contributed by atoms with E-state index in [1.165, 1.54) is 20.3 Å². The molecular formula is C28H24F2N6O3. The van der Waals surface area contributed by atoms with Crippen LogP contribution in [0.4, 0.5) is 14.6 Å². The number of carbonyl (C=O) groups is 1. The van der Waals surface area contributed by atoms with Crippen LogP contribution in [0.2, 0.25) is 0 Å². The molecule has 198 valence electrons. The summed E-state index contributed by atoms with van der Waals surface area (Å²) in [4.78, 5) is 22.7. The number of nitrogens with zero attached hydrogens (tertiary/aromatic N) is 5. The Morgan fingerprint density at radius 1 is 1.18 bits per heavy atom. The highest BCUT2D eigenvalue weighted by Crippen LogP contribution is 2.36. The molecule has 5 rings (SSSR count). The quantitative estimate of drug-likeness (QED) is 0.309. The zero-order chi connectivity index (χ0) is 27.7. The zero-order valence-electron chi connectivity index (χ0n) is 21.2. The van der Waals surface area contributed by atoms with Crippen molar-refractivity contribution < 1.29 is 23.0 Å². The van der Waals surface area contributed by atoms with Gasteiger partial charge in [0, 0.05) is 37.1 Å². The SMILES string of the molecule is C=CC(=O)N1CC[C@H](n2nc(C#Cc3c(F)c(OC)cc(OC)c3F)c3c(N)ncc(-c4ccccn4)c32)C1. The Labute approximate surface area is 222 Å². The Bertz CT molecular complexity index is 1630. The standard InChI is InChI=1S/C28H24F2N6O3/c1-4-23(37)35-12-10-16(15-35)36-27-18(19-7-5-6-11-32-19)14-33-28(31)24(27)20(34-36)9-8-17-25(29)21(38-2)13-22(39-3)26(17)30/h4-7,11,13-14,16H,1,10,12,15H2,2-3H3,(H2,31,33)/t16-/m0/s1. The van der Waals surface area contributed by atoms with E-state index in [2.05, 4.69) is 28.4 Å². The summed E-state index contributed by atoms with van der Waals surface area (Å²) in [6, 6.07) is 6.35. The van der Waals surface area contributed by atoms with Gasteiger partial charge in [0.15, 0.2) is 23.1 Å². The summed E-state index contributed by atoms with van der Waals surface area (Å²) < 4.78 is 41.8. The van der Waals surface area contributed by atoms with Gasteiger partial charge in [0.25, 0.3) is 0 Å². The first-order valence-corrected chi connectivity index (χ1v) is 12.0. The van der Waals surface area contributed by atoms with Gasteiger partial charge in [0.1, 0.15) is 17.1 Å². The second-order valence-electron chi connectivity index (χ2n) is 8.75. The molecule has 0 unspecified atom stereocenters. The van der Waals surface area contributed by atoms with Gasteiger partial charge in [-0.15, -0.1) is 0 Å². The minimum Gasteiger partial charge on any atom is -0.493 e. The van der Waals surface area contributed by atoms with Crippen LogP contribution in [0.5, 0.6) is 11.5 Å². The van der Waals surface area contributed by atoms with Crippen molar-refractivity contribution >= 4 is 22.6 Å². The lowest BCUT2D eigenvalue weighted by Gasteiger charge is -2.16. The van der Waals surface area contributed by atoms with Crippen molar-refractivity contribution in [1.29, 1.82) is 0 Å². The molecule has 0 aliphatic carbocycles. The van der Waals surface area contributed by atoms with E-state index in [0.29, 0.717) is 41.7 Å². The molecule has 1 amide bonds. The van der Waals surface area contributed by atoms with Crippen LogP contribution in [-0.2, 0) is 4.79 Å². The first-order valence-electron chi connectivity index (χ1n) is 12.0. The zero-order valence-corrected chi connectivity index (χ0v) is 21.2. The van der Waals surface area contributed by atoms with E-state index in [4.69, 9.17) is 20.3 Å². The third kappa shape index (κ3) is 4.50. The molecular weight excluding hydrogens is 506 g/mol. The molecule has 0 spiro atoms. The second kappa shape index (κ2) is 10.4. The van der Waals surface area contributed by atoms with Crippen molar-refractivity contribution in [2.75, 3.05) is 33.0 Å². The van der Waals surface area contributed by atoms with Gasteiger partial charge in [-0.1, -0.05) is 18.6 Å². The van der Waals surface area contributed by atoms with Gasteiger partial charge in [0.05, 0.1) is 36.9 Å². The first-order chi connectivity index (χ1) is 18.9. The van der Waals surface area contributed by atoms with Gasteiger partial charge in [0.2, 0.25) is 5.91 Å². The van der Waals surface area contributed by atoms with Crippen molar-refractivity contribution in [2.45, 2.75) is 12.5 Å². The largest absolute Gasteiger partial charge is 0.493 e. The molecule has 4 aromatic rings. The van der Waals surface area contributed by atoms with E-state index in [1.807, 2.05) is 12.1 Å². The highest BCUT2D eigenvalue weighted by molar-refractivity contribution is 6.01. The van der Waals surface area contributed by atoms with E-state index in [1.54, 1.807) is 28.0 Å². The number of pyridine rings is 2. The fourth-order valence-corrected chi connectivity index (χ4v) is 4.64. The number of aromatic nitrogens is 4. The van der Waals surface area contributed by atoms with Crippen LogP contribution >= 0.6 is 0 Å². The maximum absolute atomic E-state index is 15.0. The van der Waals surface area contributed by atoms with Crippen molar-refractivity contribution in [1.82, 2.24) is 24.6 Å². The molecule has 11 heteroatoms. The van der Waals surface area contributed by atoms with E-state index in [-0.39, 0.29) is 35.0 Å². The van der Waals surface area contributed by atoms with E-state index < -0.39 is 17.2 Å². The molecule has 1 atom stereocenters. The number of nitrogen functional groups attached to an aromatic ring is 1. The minimum absolute atomic E-state index is 0.140. The molecule has 1 aliphatic rings. The summed E-state index contributed by atoms with van der Waals surface area (Å²) >= 11 is 0. The lowest BCUT2D eigenvalue weighted by atomic mass is 10.1. The third-order valence-electron chi connectivity index (χ3n) is 6.57. The monoisotopic (exact) mass is 530 g/mol. The van der Waals surface area contributed by atoms with Crippen LogP contribution in [0.1, 0.15) is 23.7 Å². The number of amides is 1. The molecule has 2 N–H and O–H groups in total. The number of halogens is 2. The van der Waals surface area contributed by atoms with Gasteiger partial charge in [-0.25, -0.2) is 13.8 Å². The van der Waals surface area contributed by atoms with Crippen molar-refractivity contribution in [3.8, 4) is 34.6 Å². The molecule has 39 heavy (non-hydrogen) atoms. The Balaban J connectivity index is 1.73. The highest BCUT2D eigenvalue weighted by Gasteiger charge is 2.30. The molecule has 1 aliphatic heterocycles. The molecule has 0 radical (unpaired) electrons. The Morgan fingerprint density at radius 3 is 2.56 bits per heavy atom. The van der Waals surface area contributed by atoms with Crippen molar-refractivity contribution in [3.05, 3.63) is 72.2 Å². The summed E-state index contributed by atoms with van der Waals surface area (Å²) in [5, 5.41) is 5.13. The lowest BCUT2D eigenvalue weighted by Crippen LogP contribution is -2.27. The van der Waals surface area contributed by atoms with Gasteiger partial charge in [-0.05, 0) is 30.6 Å². The van der Waals surface area contributed by atoms with Gasteiger partial charge < -0.3 is 20.1 Å². The number of hydrogen-bond acceptors (Lipinski definition) is 7.